The SMILES string of the molecule is O=C1CCC2CC(C3CCC4(CCCO4)CC3)CCC2C1. The molecule has 1 spiro atoms. The van der Waals surface area contributed by atoms with Crippen LogP contribution in [0.5, 0.6) is 0 Å². The molecular weight excluding hydrogens is 260 g/mol. The molecule has 3 aliphatic carbocycles. The molecule has 3 atom stereocenters. The molecule has 3 unspecified atom stereocenters. The highest BCUT2D eigenvalue weighted by molar-refractivity contribution is 5.79. The molecule has 4 fully saturated rings. The van der Waals surface area contributed by atoms with Gasteiger partial charge in [-0.15, -0.1) is 0 Å². The van der Waals surface area contributed by atoms with Gasteiger partial charge in [-0.25, -0.2) is 0 Å². The van der Waals surface area contributed by atoms with Crippen molar-refractivity contribution in [3.63, 3.8) is 0 Å². The van der Waals surface area contributed by atoms with Crippen LogP contribution in [0.1, 0.15) is 77.0 Å². The van der Waals surface area contributed by atoms with Crippen molar-refractivity contribution in [1.82, 2.24) is 0 Å². The predicted molar refractivity (Wildman–Crippen MR) is 83.1 cm³/mol. The van der Waals surface area contributed by atoms with Gasteiger partial charge in [-0.3, -0.25) is 4.79 Å². The first-order valence-corrected chi connectivity index (χ1v) is 9.40. The lowest BCUT2D eigenvalue weighted by atomic mass is 9.62. The maximum absolute atomic E-state index is 11.6. The number of rotatable bonds is 1. The van der Waals surface area contributed by atoms with Crippen LogP contribution in [0.25, 0.3) is 0 Å². The summed E-state index contributed by atoms with van der Waals surface area (Å²) in [5.74, 6) is 4.07. The second-order valence-corrected chi connectivity index (χ2v) is 8.35. The predicted octanol–water partition coefficient (Wildman–Crippen LogP) is 4.51. The first kappa shape index (κ1) is 14.2. The Balaban J connectivity index is 1.33. The van der Waals surface area contributed by atoms with Crippen LogP contribution < -0.4 is 0 Å². The first-order valence-electron chi connectivity index (χ1n) is 9.40. The highest BCUT2D eigenvalue weighted by Gasteiger charge is 2.43. The van der Waals surface area contributed by atoms with Gasteiger partial charge in [-0.2, -0.15) is 0 Å². The molecule has 4 aliphatic rings. The summed E-state index contributed by atoms with van der Waals surface area (Å²) in [6.07, 6.45) is 15.2. The number of hydrogen-bond acceptors (Lipinski definition) is 2. The molecule has 1 aliphatic heterocycles. The van der Waals surface area contributed by atoms with Gasteiger partial charge < -0.3 is 4.74 Å². The lowest BCUT2D eigenvalue weighted by Crippen LogP contribution is -2.38. The summed E-state index contributed by atoms with van der Waals surface area (Å²) < 4.78 is 6.08. The van der Waals surface area contributed by atoms with Crippen molar-refractivity contribution < 1.29 is 9.53 Å². The number of ether oxygens (including phenoxy) is 1. The molecule has 0 aromatic rings. The van der Waals surface area contributed by atoms with Crippen molar-refractivity contribution in [3.8, 4) is 0 Å². The Morgan fingerprint density at radius 1 is 0.857 bits per heavy atom. The third-order valence-corrected chi connectivity index (χ3v) is 7.26. The van der Waals surface area contributed by atoms with Crippen molar-refractivity contribution >= 4 is 5.78 Å². The first-order chi connectivity index (χ1) is 10.2. The minimum Gasteiger partial charge on any atom is -0.375 e. The summed E-state index contributed by atoms with van der Waals surface area (Å²) >= 11 is 0. The van der Waals surface area contributed by atoms with Gasteiger partial charge in [-0.05, 0) is 87.9 Å². The largest absolute Gasteiger partial charge is 0.375 e. The summed E-state index contributed by atoms with van der Waals surface area (Å²) in [6.45, 7) is 1.01. The van der Waals surface area contributed by atoms with Crippen molar-refractivity contribution in [2.24, 2.45) is 23.7 Å². The van der Waals surface area contributed by atoms with E-state index in [0.717, 1.165) is 43.1 Å². The zero-order chi connectivity index (χ0) is 14.3. The summed E-state index contributed by atoms with van der Waals surface area (Å²) in [4.78, 5) is 11.6. The third kappa shape index (κ3) is 2.81. The maximum atomic E-state index is 11.6. The Hall–Kier alpha value is -0.370. The molecule has 0 aromatic carbocycles. The van der Waals surface area contributed by atoms with Gasteiger partial charge in [-0.1, -0.05) is 0 Å². The summed E-state index contributed by atoms with van der Waals surface area (Å²) in [6, 6.07) is 0. The smallest absolute Gasteiger partial charge is 0.133 e. The number of ketones is 1. The highest BCUT2D eigenvalue weighted by Crippen LogP contribution is 2.49. The van der Waals surface area contributed by atoms with E-state index in [4.69, 9.17) is 4.74 Å². The van der Waals surface area contributed by atoms with E-state index in [1.54, 1.807) is 0 Å². The van der Waals surface area contributed by atoms with Crippen molar-refractivity contribution in [3.05, 3.63) is 0 Å². The monoisotopic (exact) mass is 290 g/mol. The average Bonchev–Trinajstić information content (AvgIpc) is 2.96. The zero-order valence-corrected chi connectivity index (χ0v) is 13.3. The quantitative estimate of drug-likeness (QED) is 0.710. The van der Waals surface area contributed by atoms with Crippen LogP contribution in [0.15, 0.2) is 0 Å². The number of carbonyl (C=O) groups is 1. The normalized spacial score (nSPS) is 47.5. The molecule has 0 aromatic heterocycles. The van der Waals surface area contributed by atoms with Crippen LogP contribution >= 0.6 is 0 Å². The van der Waals surface area contributed by atoms with Gasteiger partial charge in [0.2, 0.25) is 0 Å². The fourth-order valence-electron chi connectivity index (χ4n) is 5.94. The van der Waals surface area contributed by atoms with E-state index in [9.17, 15) is 4.79 Å². The molecule has 3 saturated carbocycles. The molecular formula is C19H30O2. The molecule has 0 bridgehead atoms. The average molecular weight is 290 g/mol. The van der Waals surface area contributed by atoms with Gasteiger partial charge in [0.25, 0.3) is 0 Å². The Morgan fingerprint density at radius 3 is 2.38 bits per heavy atom. The topological polar surface area (TPSA) is 26.3 Å². The van der Waals surface area contributed by atoms with Crippen LogP contribution in [-0.2, 0) is 9.53 Å². The number of Topliss-reactive ketones (excluding diaryl/α,β-unsaturated/α-hetero) is 1. The van der Waals surface area contributed by atoms with Gasteiger partial charge >= 0.3 is 0 Å². The summed E-state index contributed by atoms with van der Waals surface area (Å²) in [7, 11) is 0. The second-order valence-electron chi connectivity index (χ2n) is 8.35. The van der Waals surface area contributed by atoms with Gasteiger partial charge in [0, 0.05) is 19.4 Å². The molecule has 4 rings (SSSR count). The number of hydrogen-bond donors (Lipinski definition) is 0. The molecule has 118 valence electrons. The van der Waals surface area contributed by atoms with E-state index in [0.29, 0.717) is 11.4 Å². The van der Waals surface area contributed by atoms with Crippen molar-refractivity contribution in [2.45, 2.75) is 82.7 Å². The van der Waals surface area contributed by atoms with Crippen LogP contribution in [0.4, 0.5) is 0 Å². The van der Waals surface area contributed by atoms with Crippen molar-refractivity contribution in [2.75, 3.05) is 6.61 Å². The Kier molecular flexibility index (Phi) is 3.85. The fraction of sp³-hybridized carbons (Fsp3) is 0.947. The molecule has 2 heteroatoms. The van der Waals surface area contributed by atoms with E-state index in [-0.39, 0.29) is 0 Å². The van der Waals surface area contributed by atoms with Gasteiger partial charge in [0.1, 0.15) is 5.78 Å². The van der Waals surface area contributed by atoms with E-state index < -0.39 is 0 Å². The van der Waals surface area contributed by atoms with E-state index >= 15 is 0 Å². The molecule has 0 amide bonds. The Morgan fingerprint density at radius 2 is 1.62 bits per heavy atom. The molecule has 0 N–H and O–H groups in total. The van der Waals surface area contributed by atoms with Gasteiger partial charge in [0.15, 0.2) is 0 Å². The lowest BCUT2D eigenvalue weighted by molar-refractivity contribution is -0.124. The molecule has 1 heterocycles. The third-order valence-electron chi connectivity index (χ3n) is 7.26. The standard InChI is InChI=1S/C19H30O2/c20-18-5-4-16-12-15(2-3-17(16)13-18)14-6-9-19(10-7-14)8-1-11-21-19/h14-17H,1-13H2. The van der Waals surface area contributed by atoms with Crippen LogP contribution in [0.2, 0.25) is 0 Å². The van der Waals surface area contributed by atoms with Crippen LogP contribution in [0, 0.1) is 23.7 Å². The Bertz CT molecular complexity index is 386. The highest BCUT2D eigenvalue weighted by atomic mass is 16.5. The van der Waals surface area contributed by atoms with E-state index in [1.165, 1.54) is 64.2 Å². The minimum absolute atomic E-state index is 0.297. The number of carbonyl (C=O) groups excluding carboxylic acids is 1. The van der Waals surface area contributed by atoms with Gasteiger partial charge in [0.05, 0.1) is 5.60 Å². The Labute approximate surface area is 129 Å². The second kappa shape index (κ2) is 5.68. The minimum atomic E-state index is 0.297. The number of fused-ring (bicyclic) bond motifs is 1. The maximum Gasteiger partial charge on any atom is 0.133 e. The van der Waals surface area contributed by atoms with Crippen LogP contribution in [-0.4, -0.2) is 18.0 Å². The van der Waals surface area contributed by atoms with Crippen LogP contribution in [0.3, 0.4) is 0 Å². The van der Waals surface area contributed by atoms with Crippen molar-refractivity contribution in [1.29, 1.82) is 0 Å². The summed E-state index contributed by atoms with van der Waals surface area (Å²) in [5, 5.41) is 0. The molecule has 21 heavy (non-hydrogen) atoms. The molecule has 1 saturated heterocycles. The fourth-order valence-corrected chi connectivity index (χ4v) is 5.94. The lowest BCUT2D eigenvalue weighted by Gasteiger charge is -2.45. The molecule has 2 nitrogen and oxygen atoms in total. The van der Waals surface area contributed by atoms with E-state index in [2.05, 4.69) is 0 Å². The summed E-state index contributed by atoms with van der Waals surface area (Å²) in [5.41, 5.74) is 0.297. The zero-order valence-electron chi connectivity index (χ0n) is 13.3. The molecule has 0 radical (unpaired) electrons. The van der Waals surface area contributed by atoms with E-state index in [1.807, 2.05) is 0 Å².